The molecule has 1 unspecified atom stereocenters. The molecule has 3 N–H and O–H groups in total. The summed E-state index contributed by atoms with van der Waals surface area (Å²) in [6.07, 6.45) is 5.60. The molecule has 1 fully saturated rings. The number of carbonyl (C=O) groups excluding carboxylic acids is 2. The van der Waals surface area contributed by atoms with Gasteiger partial charge in [-0.05, 0) is 49.9 Å². The lowest BCUT2D eigenvalue weighted by Gasteiger charge is -2.27. The van der Waals surface area contributed by atoms with Crippen molar-refractivity contribution in [2.75, 3.05) is 11.9 Å². The van der Waals surface area contributed by atoms with Crippen LogP contribution in [0.2, 0.25) is 0 Å². The number of nitrogens with one attached hydrogen (secondary N) is 3. The second-order valence-electron chi connectivity index (χ2n) is 7.12. The fourth-order valence-corrected chi connectivity index (χ4v) is 3.18. The smallest absolute Gasteiger partial charge is 0.319 e. The van der Waals surface area contributed by atoms with E-state index in [1.807, 2.05) is 20.8 Å². The van der Waals surface area contributed by atoms with Gasteiger partial charge in [0, 0.05) is 11.7 Å². The minimum absolute atomic E-state index is 0.00432. The van der Waals surface area contributed by atoms with Crippen LogP contribution in [0.5, 0.6) is 5.75 Å². The van der Waals surface area contributed by atoms with Crippen molar-refractivity contribution in [3.8, 4) is 5.75 Å². The molecule has 144 valence electrons. The summed E-state index contributed by atoms with van der Waals surface area (Å²) < 4.78 is 5.38. The van der Waals surface area contributed by atoms with Crippen LogP contribution in [0.25, 0.3) is 0 Å². The molecule has 3 amide bonds. The van der Waals surface area contributed by atoms with Gasteiger partial charge in [0.1, 0.15) is 11.8 Å². The first-order valence-electron chi connectivity index (χ1n) is 9.60. The van der Waals surface area contributed by atoms with Gasteiger partial charge in [-0.25, -0.2) is 4.79 Å². The first-order chi connectivity index (χ1) is 12.5. The van der Waals surface area contributed by atoms with Gasteiger partial charge in [0.2, 0.25) is 5.91 Å². The normalized spacial score (nSPS) is 16.0. The maximum atomic E-state index is 12.6. The van der Waals surface area contributed by atoms with Crippen molar-refractivity contribution in [1.82, 2.24) is 10.6 Å². The van der Waals surface area contributed by atoms with Crippen LogP contribution in [0.3, 0.4) is 0 Å². The van der Waals surface area contributed by atoms with E-state index in [0.29, 0.717) is 12.3 Å². The SMILES string of the molecule is CCOc1ccc(NC(=O)NC(C(=O)NC2CCCCC2)C(C)C)cc1. The van der Waals surface area contributed by atoms with Crippen LogP contribution < -0.4 is 20.7 Å². The quantitative estimate of drug-likeness (QED) is 0.693. The van der Waals surface area contributed by atoms with E-state index in [9.17, 15) is 9.59 Å². The van der Waals surface area contributed by atoms with Gasteiger partial charge in [-0.15, -0.1) is 0 Å². The van der Waals surface area contributed by atoms with Gasteiger partial charge in [0.15, 0.2) is 0 Å². The zero-order chi connectivity index (χ0) is 18.9. The van der Waals surface area contributed by atoms with E-state index in [2.05, 4.69) is 16.0 Å². The average Bonchev–Trinajstić information content (AvgIpc) is 2.62. The van der Waals surface area contributed by atoms with Crippen molar-refractivity contribution in [3.63, 3.8) is 0 Å². The zero-order valence-corrected chi connectivity index (χ0v) is 16.0. The molecule has 2 rings (SSSR count). The molecule has 26 heavy (non-hydrogen) atoms. The highest BCUT2D eigenvalue weighted by atomic mass is 16.5. The van der Waals surface area contributed by atoms with E-state index < -0.39 is 6.04 Å². The Labute approximate surface area is 156 Å². The van der Waals surface area contributed by atoms with Crippen molar-refractivity contribution >= 4 is 17.6 Å². The molecular weight excluding hydrogens is 330 g/mol. The Hall–Kier alpha value is -2.24. The van der Waals surface area contributed by atoms with Gasteiger partial charge in [-0.2, -0.15) is 0 Å². The van der Waals surface area contributed by atoms with Crippen LogP contribution in [0.15, 0.2) is 24.3 Å². The largest absolute Gasteiger partial charge is 0.494 e. The van der Waals surface area contributed by atoms with Gasteiger partial charge < -0.3 is 20.7 Å². The predicted molar refractivity (Wildman–Crippen MR) is 103 cm³/mol. The van der Waals surface area contributed by atoms with E-state index >= 15 is 0 Å². The Balaban J connectivity index is 1.88. The third-order valence-corrected chi connectivity index (χ3v) is 4.61. The third-order valence-electron chi connectivity index (χ3n) is 4.61. The van der Waals surface area contributed by atoms with Crippen LogP contribution >= 0.6 is 0 Å². The molecule has 0 bridgehead atoms. The minimum atomic E-state index is -0.556. The molecule has 1 aliphatic rings. The van der Waals surface area contributed by atoms with Gasteiger partial charge in [0.25, 0.3) is 0 Å². The Morgan fingerprint density at radius 1 is 1.12 bits per heavy atom. The topological polar surface area (TPSA) is 79.5 Å². The molecule has 6 heteroatoms. The summed E-state index contributed by atoms with van der Waals surface area (Å²) >= 11 is 0. The van der Waals surface area contributed by atoms with E-state index in [0.717, 1.165) is 31.4 Å². The molecule has 0 heterocycles. The molecule has 6 nitrogen and oxygen atoms in total. The monoisotopic (exact) mass is 361 g/mol. The summed E-state index contributed by atoms with van der Waals surface area (Å²) in [7, 11) is 0. The highest BCUT2D eigenvalue weighted by molar-refractivity contribution is 5.93. The first kappa shape index (κ1) is 20.1. The summed E-state index contributed by atoms with van der Waals surface area (Å²) in [6.45, 7) is 6.38. The maximum absolute atomic E-state index is 12.6. The van der Waals surface area contributed by atoms with Crippen molar-refractivity contribution in [2.45, 2.75) is 65.0 Å². The molecule has 1 aromatic carbocycles. The van der Waals surface area contributed by atoms with Crippen LogP contribution in [0, 0.1) is 5.92 Å². The van der Waals surface area contributed by atoms with E-state index in [1.54, 1.807) is 24.3 Å². The van der Waals surface area contributed by atoms with Gasteiger partial charge in [0.05, 0.1) is 6.61 Å². The summed E-state index contributed by atoms with van der Waals surface area (Å²) in [5, 5.41) is 8.66. The first-order valence-corrected chi connectivity index (χ1v) is 9.60. The molecule has 0 aromatic heterocycles. The summed E-state index contributed by atoms with van der Waals surface area (Å²) in [6, 6.07) is 6.44. The van der Waals surface area contributed by atoms with Crippen LogP contribution in [-0.2, 0) is 4.79 Å². The van der Waals surface area contributed by atoms with Gasteiger partial charge >= 0.3 is 6.03 Å². The summed E-state index contributed by atoms with van der Waals surface area (Å²) in [5.41, 5.74) is 0.654. The third kappa shape index (κ3) is 6.24. The fourth-order valence-electron chi connectivity index (χ4n) is 3.18. The molecule has 1 saturated carbocycles. The molecule has 0 aliphatic heterocycles. The van der Waals surface area contributed by atoms with E-state index in [1.165, 1.54) is 6.42 Å². The molecule has 0 radical (unpaired) electrons. The molecule has 0 saturated heterocycles. The highest BCUT2D eigenvalue weighted by Crippen LogP contribution is 2.18. The number of urea groups is 1. The number of hydrogen-bond donors (Lipinski definition) is 3. The number of rotatable bonds is 7. The van der Waals surface area contributed by atoms with Crippen LogP contribution in [-0.4, -0.2) is 30.6 Å². The molecule has 0 spiro atoms. The van der Waals surface area contributed by atoms with Crippen molar-refractivity contribution in [3.05, 3.63) is 24.3 Å². The molecule has 1 aliphatic carbocycles. The van der Waals surface area contributed by atoms with Gasteiger partial charge in [-0.3, -0.25) is 4.79 Å². The zero-order valence-electron chi connectivity index (χ0n) is 16.0. The minimum Gasteiger partial charge on any atom is -0.494 e. The number of anilines is 1. The number of benzene rings is 1. The predicted octanol–water partition coefficient (Wildman–Crippen LogP) is 3.68. The Kier molecular flexibility index (Phi) is 7.75. The standard InChI is InChI=1S/C20H31N3O3/c1-4-26-17-12-10-16(11-13-17)22-20(25)23-18(14(2)3)19(24)21-15-8-6-5-7-9-15/h10-15,18H,4-9H2,1-3H3,(H,21,24)(H2,22,23,25). The summed E-state index contributed by atoms with van der Waals surface area (Å²) in [5.74, 6) is 0.656. The Morgan fingerprint density at radius 3 is 2.35 bits per heavy atom. The number of ether oxygens (including phenoxy) is 1. The second kappa shape index (κ2) is 10.0. The summed E-state index contributed by atoms with van der Waals surface area (Å²) in [4.78, 5) is 24.9. The number of hydrogen-bond acceptors (Lipinski definition) is 3. The van der Waals surface area contributed by atoms with Crippen LogP contribution in [0.1, 0.15) is 52.9 Å². The Bertz CT molecular complexity index is 580. The Morgan fingerprint density at radius 2 is 1.77 bits per heavy atom. The van der Waals surface area contributed by atoms with E-state index in [-0.39, 0.29) is 23.9 Å². The average molecular weight is 361 g/mol. The van der Waals surface area contributed by atoms with Crippen molar-refractivity contribution in [2.24, 2.45) is 5.92 Å². The molecule has 1 atom stereocenters. The molecular formula is C20H31N3O3. The fraction of sp³-hybridized carbons (Fsp3) is 0.600. The van der Waals surface area contributed by atoms with Crippen molar-refractivity contribution in [1.29, 1.82) is 0 Å². The maximum Gasteiger partial charge on any atom is 0.319 e. The number of carbonyl (C=O) groups is 2. The van der Waals surface area contributed by atoms with Crippen LogP contribution in [0.4, 0.5) is 10.5 Å². The molecule has 1 aromatic rings. The second-order valence-corrected chi connectivity index (χ2v) is 7.12. The number of amides is 3. The van der Waals surface area contributed by atoms with Crippen molar-refractivity contribution < 1.29 is 14.3 Å². The lowest BCUT2D eigenvalue weighted by atomic mass is 9.94. The van der Waals surface area contributed by atoms with E-state index in [4.69, 9.17) is 4.74 Å². The highest BCUT2D eigenvalue weighted by Gasteiger charge is 2.26. The lowest BCUT2D eigenvalue weighted by molar-refractivity contribution is -0.124. The van der Waals surface area contributed by atoms with Gasteiger partial charge in [-0.1, -0.05) is 33.1 Å². The lowest BCUT2D eigenvalue weighted by Crippen LogP contribution is -2.53.